The highest BCUT2D eigenvalue weighted by atomic mass is 16.1. The van der Waals surface area contributed by atoms with Crippen LogP contribution in [0.3, 0.4) is 0 Å². The molecule has 0 spiro atoms. The highest BCUT2D eigenvalue weighted by Crippen LogP contribution is 2.10. The van der Waals surface area contributed by atoms with Crippen molar-refractivity contribution in [1.82, 2.24) is 15.1 Å². The molecule has 1 aromatic heterocycles. The molecule has 0 aromatic carbocycles. The van der Waals surface area contributed by atoms with E-state index in [2.05, 4.69) is 10.4 Å². The third-order valence-corrected chi connectivity index (χ3v) is 3.00. The lowest BCUT2D eigenvalue weighted by molar-refractivity contribution is -0.120. The smallest absolute Gasteiger partial charge is 0.150 e. The van der Waals surface area contributed by atoms with Crippen molar-refractivity contribution in [2.75, 3.05) is 6.54 Å². The third kappa shape index (κ3) is 2.45. The van der Waals surface area contributed by atoms with Gasteiger partial charge in [-0.2, -0.15) is 5.10 Å². The molecule has 1 fully saturated rings. The van der Waals surface area contributed by atoms with E-state index in [1.807, 2.05) is 17.8 Å². The van der Waals surface area contributed by atoms with Gasteiger partial charge in [-0.3, -0.25) is 9.48 Å². The number of aryl methyl sites for hydroxylation is 2. The molecule has 1 N–H and O–H groups in total. The Kier molecular flexibility index (Phi) is 3.16. The number of hydrogen-bond acceptors (Lipinski definition) is 3. The predicted molar refractivity (Wildman–Crippen MR) is 57.6 cm³/mol. The first kappa shape index (κ1) is 10.4. The van der Waals surface area contributed by atoms with Gasteiger partial charge in [-0.05, 0) is 31.9 Å². The van der Waals surface area contributed by atoms with Crippen LogP contribution in [0.1, 0.15) is 25.0 Å². The average molecular weight is 207 g/mol. The summed E-state index contributed by atoms with van der Waals surface area (Å²) in [4.78, 5) is 11.8. The quantitative estimate of drug-likeness (QED) is 0.789. The molecule has 82 valence electrons. The van der Waals surface area contributed by atoms with E-state index in [1.165, 1.54) is 0 Å². The topological polar surface area (TPSA) is 46.9 Å². The summed E-state index contributed by atoms with van der Waals surface area (Å²) in [5.41, 5.74) is 1.13. The summed E-state index contributed by atoms with van der Waals surface area (Å²) in [6.07, 6.45) is 5.32. The number of carbonyl (C=O) groups excluding carboxylic acids is 1. The van der Waals surface area contributed by atoms with Crippen molar-refractivity contribution >= 4 is 5.78 Å². The molecule has 2 heterocycles. The number of rotatable bonds is 4. The summed E-state index contributed by atoms with van der Waals surface area (Å²) in [6, 6.07) is 2.08. The van der Waals surface area contributed by atoms with E-state index in [0.717, 1.165) is 31.5 Å². The fourth-order valence-corrected chi connectivity index (χ4v) is 2.03. The largest absolute Gasteiger partial charge is 0.307 e. The second-order valence-corrected chi connectivity index (χ2v) is 4.06. The van der Waals surface area contributed by atoms with Crippen LogP contribution >= 0.6 is 0 Å². The summed E-state index contributed by atoms with van der Waals surface area (Å²) >= 11 is 0. The molecule has 0 radical (unpaired) electrons. The molecule has 1 aliphatic heterocycles. The Morgan fingerprint density at radius 2 is 2.60 bits per heavy atom. The Morgan fingerprint density at radius 1 is 1.73 bits per heavy atom. The molecule has 15 heavy (non-hydrogen) atoms. The Labute approximate surface area is 89.7 Å². The van der Waals surface area contributed by atoms with Gasteiger partial charge < -0.3 is 5.32 Å². The molecular weight excluding hydrogens is 190 g/mol. The van der Waals surface area contributed by atoms with Crippen LogP contribution in [0.4, 0.5) is 0 Å². The molecule has 4 nitrogen and oxygen atoms in total. The molecule has 0 saturated carbocycles. The van der Waals surface area contributed by atoms with Gasteiger partial charge in [0, 0.05) is 25.4 Å². The molecule has 1 aliphatic rings. The van der Waals surface area contributed by atoms with Crippen LogP contribution in [0.25, 0.3) is 0 Å². The second kappa shape index (κ2) is 4.57. The molecule has 0 bridgehead atoms. The minimum atomic E-state index is 0.109. The summed E-state index contributed by atoms with van der Waals surface area (Å²) in [5.74, 6) is 0.341. The van der Waals surface area contributed by atoms with Crippen LogP contribution in [-0.4, -0.2) is 28.2 Å². The Hall–Kier alpha value is -1.16. The molecule has 1 atom stereocenters. The zero-order chi connectivity index (χ0) is 10.7. The SMILES string of the molecule is Cn1nccc1CCC(=O)C1CCCN1. The number of nitrogens with zero attached hydrogens (tertiary/aromatic N) is 2. The molecule has 1 aromatic rings. The Bertz CT molecular complexity index is 339. The third-order valence-electron chi connectivity index (χ3n) is 3.00. The van der Waals surface area contributed by atoms with E-state index in [-0.39, 0.29) is 6.04 Å². The lowest BCUT2D eigenvalue weighted by atomic mass is 10.1. The summed E-state index contributed by atoms with van der Waals surface area (Å²) < 4.78 is 1.83. The first-order valence-electron chi connectivity index (χ1n) is 5.50. The van der Waals surface area contributed by atoms with Crippen molar-refractivity contribution in [3.05, 3.63) is 18.0 Å². The minimum absolute atomic E-state index is 0.109. The van der Waals surface area contributed by atoms with Crippen LogP contribution in [0, 0.1) is 0 Å². The zero-order valence-electron chi connectivity index (χ0n) is 9.07. The summed E-state index contributed by atoms with van der Waals surface area (Å²) in [5, 5.41) is 7.31. The minimum Gasteiger partial charge on any atom is -0.307 e. The van der Waals surface area contributed by atoms with Crippen molar-refractivity contribution < 1.29 is 4.79 Å². The van der Waals surface area contributed by atoms with Gasteiger partial charge in [-0.25, -0.2) is 0 Å². The van der Waals surface area contributed by atoms with Gasteiger partial charge in [0.15, 0.2) is 0 Å². The van der Waals surface area contributed by atoms with Crippen LogP contribution in [0.2, 0.25) is 0 Å². The van der Waals surface area contributed by atoms with Gasteiger partial charge in [0.1, 0.15) is 5.78 Å². The normalized spacial score (nSPS) is 20.7. The van der Waals surface area contributed by atoms with Crippen molar-refractivity contribution in [2.45, 2.75) is 31.7 Å². The highest BCUT2D eigenvalue weighted by Gasteiger charge is 2.21. The van der Waals surface area contributed by atoms with Crippen molar-refractivity contribution in [3.63, 3.8) is 0 Å². The van der Waals surface area contributed by atoms with E-state index in [0.29, 0.717) is 12.2 Å². The van der Waals surface area contributed by atoms with Gasteiger partial charge in [0.25, 0.3) is 0 Å². The predicted octanol–water partition coefficient (Wildman–Crippen LogP) is 0.674. The van der Waals surface area contributed by atoms with Gasteiger partial charge in [0.05, 0.1) is 6.04 Å². The fourth-order valence-electron chi connectivity index (χ4n) is 2.03. The van der Waals surface area contributed by atoms with Crippen molar-refractivity contribution in [1.29, 1.82) is 0 Å². The monoisotopic (exact) mass is 207 g/mol. The molecule has 0 aliphatic carbocycles. The number of nitrogens with one attached hydrogen (secondary N) is 1. The number of ketones is 1. The van der Waals surface area contributed by atoms with E-state index < -0.39 is 0 Å². The van der Waals surface area contributed by atoms with Crippen LogP contribution in [-0.2, 0) is 18.3 Å². The van der Waals surface area contributed by atoms with Gasteiger partial charge in [-0.15, -0.1) is 0 Å². The Morgan fingerprint density at radius 3 is 3.20 bits per heavy atom. The standard InChI is InChI=1S/C11H17N3O/c1-14-9(6-8-13-14)4-5-11(15)10-3-2-7-12-10/h6,8,10,12H,2-5,7H2,1H3. The van der Waals surface area contributed by atoms with Crippen molar-refractivity contribution in [3.8, 4) is 0 Å². The van der Waals surface area contributed by atoms with Gasteiger partial charge in [0.2, 0.25) is 0 Å². The molecule has 1 saturated heterocycles. The van der Waals surface area contributed by atoms with E-state index in [4.69, 9.17) is 0 Å². The van der Waals surface area contributed by atoms with E-state index in [1.54, 1.807) is 6.20 Å². The van der Waals surface area contributed by atoms with Crippen LogP contribution < -0.4 is 5.32 Å². The highest BCUT2D eigenvalue weighted by molar-refractivity contribution is 5.84. The first-order chi connectivity index (χ1) is 7.27. The molecular formula is C11H17N3O. The number of Topliss-reactive ketones (excluding diaryl/α,β-unsaturated/α-hetero) is 1. The van der Waals surface area contributed by atoms with Gasteiger partial charge in [-0.1, -0.05) is 0 Å². The molecule has 1 unspecified atom stereocenters. The maximum absolute atomic E-state index is 11.8. The Balaban J connectivity index is 1.83. The lowest BCUT2D eigenvalue weighted by Crippen LogP contribution is -2.30. The molecule has 4 heteroatoms. The second-order valence-electron chi connectivity index (χ2n) is 4.06. The number of hydrogen-bond donors (Lipinski definition) is 1. The van der Waals surface area contributed by atoms with E-state index in [9.17, 15) is 4.79 Å². The summed E-state index contributed by atoms with van der Waals surface area (Å²) in [6.45, 7) is 0.988. The molecule has 2 rings (SSSR count). The average Bonchev–Trinajstić information content (AvgIpc) is 2.85. The first-order valence-corrected chi connectivity index (χ1v) is 5.50. The molecule has 0 amide bonds. The fraction of sp³-hybridized carbons (Fsp3) is 0.636. The van der Waals surface area contributed by atoms with Crippen LogP contribution in [0.5, 0.6) is 0 Å². The number of aromatic nitrogens is 2. The van der Waals surface area contributed by atoms with Crippen LogP contribution in [0.15, 0.2) is 12.3 Å². The number of carbonyl (C=O) groups is 1. The van der Waals surface area contributed by atoms with Crippen molar-refractivity contribution in [2.24, 2.45) is 7.05 Å². The lowest BCUT2D eigenvalue weighted by Gasteiger charge is -2.08. The summed E-state index contributed by atoms with van der Waals surface area (Å²) in [7, 11) is 1.91. The maximum atomic E-state index is 11.8. The van der Waals surface area contributed by atoms with Gasteiger partial charge >= 0.3 is 0 Å². The van der Waals surface area contributed by atoms with E-state index >= 15 is 0 Å². The maximum Gasteiger partial charge on any atom is 0.150 e. The zero-order valence-corrected chi connectivity index (χ0v) is 9.07.